The number of aromatic nitrogens is 1. The maximum absolute atomic E-state index is 8.91. The van der Waals surface area contributed by atoms with Crippen molar-refractivity contribution in [2.45, 2.75) is 26.3 Å². The molecule has 1 fully saturated rings. The largest absolute Gasteiger partial charge is 0.381 e. The molecule has 0 saturated carbocycles. The second-order valence-corrected chi connectivity index (χ2v) is 4.55. The Balaban J connectivity index is 2.07. The van der Waals surface area contributed by atoms with Gasteiger partial charge in [0.2, 0.25) is 0 Å². The molecule has 0 amide bonds. The van der Waals surface area contributed by atoms with E-state index >= 15 is 0 Å². The number of nitrogens with one attached hydrogen (secondary N) is 1. The van der Waals surface area contributed by atoms with E-state index in [1.165, 1.54) is 0 Å². The molecule has 17 heavy (non-hydrogen) atoms. The van der Waals surface area contributed by atoms with Gasteiger partial charge >= 0.3 is 0 Å². The molecule has 1 aromatic rings. The van der Waals surface area contributed by atoms with Crippen LogP contribution >= 0.6 is 0 Å². The normalized spacial score (nSPS) is 20.9. The van der Waals surface area contributed by atoms with Crippen molar-refractivity contribution in [3.8, 4) is 6.07 Å². The molecule has 2 heterocycles. The number of ether oxygens (including phenoxy) is 1. The first-order valence-electron chi connectivity index (χ1n) is 5.92. The van der Waals surface area contributed by atoms with Gasteiger partial charge < -0.3 is 10.1 Å². The van der Waals surface area contributed by atoms with Crippen LogP contribution in [0, 0.1) is 24.2 Å². The molecule has 1 saturated heterocycles. The molecule has 0 radical (unpaired) electrons. The number of rotatable bonds is 3. The minimum Gasteiger partial charge on any atom is -0.381 e. The highest BCUT2D eigenvalue weighted by atomic mass is 16.5. The van der Waals surface area contributed by atoms with E-state index < -0.39 is 0 Å². The quantitative estimate of drug-likeness (QED) is 0.865. The lowest BCUT2D eigenvalue weighted by atomic mass is 10.0. The van der Waals surface area contributed by atoms with Crippen molar-refractivity contribution in [2.24, 2.45) is 5.92 Å². The van der Waals surface area contributed by atoms with Crippen molar-refractivity contribution in [1.82, 2.24) is 4.98 Å². The van der Waals surface area contributed by atoms with Crippen LogP contribution in [0.5, 0.6) is 0 Å². The van der Waals surface area contributed by atoms with Crippen LogP contribution in [0.25, 0.3) is 0 Å². The SMILES string of the molecule is Cc1cc(C#N)cc(NC(C)C2CCOC2)n1. The van der Waals surface area contributed by atoms with Crippen molar-refractivity contribution in [3.63, 3.8) is 0 Å². The summed E-state index contributed by atoms with van der Waals surface area (Å²) in [5.74, 6) is 1.31. The van der Waals surface area contributed by atoms with Gasteiger partial charge in [-0.2, -0.15) is 5.26 Å². The molecule has 0 spiro atoms. The van der Waals surface area contributed by atoms with Crippen molar-refractivity contribution in [3.05, 3.63) is 23.4 Å². The van der Waals surface area contributed by atoms with Gasteiger partial charge in [-0.25, -0.2) is 4.98 Å². The Morgan fingerprint density at radius 1 is 1.59 bits per heavy atom. The lowest BCUT2D eigenvalue weighted by Gasteiger charge is -2.20. The Kier molecular flexibility index (Phi) is 3.60. The van der Waals surface area contributed by atoms with E-state index in [1.54, 1.807) is 12.1 Å². The maximum atomic E-state index is 8.91. The van der Waals surface area contributed by atoms with Crippen molar-refractivity contribution in [2.75, 3.05) is 18.5 Å². The number of pyridine rings is 1. The Hall–Kier alpha value is -1.60. The second kappa shape index (κ2) is 5.15. The van der Waals surface area contributed by atoms with Crippen LogP contribution in [-0.2, 0) is 4.74 Å². The summed E-state index contributed by atoms with van der Waals surface area (Å²) in [6, 6.07) is 6.04. The molecule has 1 aromatic heterocycles. The molecule has 0 aliphatic carbocycles. The zero-order valence-corrected chi connectivity index (χ0v) is 10.2. The van der Waals surface area contributed by atoms with Gasteiger partial charge in [0, 0.05) is 24.3 Å². The number of nitrogens with zero attached hydrogens (tertiary/aromatic N) is 2. The summed E-state index contributed by atoms with van der Waals surface area (Å²) in [5, 5.41) is 12.3. The minimum atomic E-state index is 0.318. The lowest BCUT2D eigenvalue weighted by molar-refractivity contribution is 0.183. The molecular weight excluding hydrogens is 214 g/mol. The third kappa shape index (κ3) is 2.95. The first kappa shape index (κ1) is 11.9. The third-order valence-electron chi connectivity index (χ3n) is 3.13. The Labute approximate surface area is 102 Å². The standard InChI is InChI=1S/C13H17N3O/c1-9-5-11(7-14)6-13(15-9)16-10(2)12-3-4-17-8-12/h5-6,10,12H,3-4,8H2,1-2H3,(H,15,16). The van der Waals surface area contributed by atoms with Crippen molar-refractivity contribution >= 4 is 5.82 Å². The number of nitriles is 1. The van der Waals surface area contributed by atoms with Crippen LogP contribution in [0.2, 0.25) is 0 Å². The minimum absolute atomic E-state index is 0.318. The number of hydrogen-bond donors (Lipinski definition) is 1. The van der Waals surface area contributed by atoms with Gasteiger partial charge in [0.25, 0.3) is 0 Å². The van der Waals surface area contributed by atoms with Gasteiger partial charge in [0.05, 0.1) is 18.2 Å². The summed E-state index contributed by atoms with van der Waals surface area (Å²) in [6.45, 7) is 5.69. The first-order valence-corrected chi connectivity index (χ1v) is 5.92. The zero-order chi connectivity index (χ0) is 12.3. The molecule has 1 aliphatic heterocycles. The zero-order valence-electron chi connectivity index (χ0n) is 10.2. The topological polar surface area (TPSA) is 57.9 Å². The number of hydrogen-bond acceptors (Lipinski definition) is 4. The summed E-state index contributed by atoms with van der Waals surface area (Å²) >= 11 is 0. The summed E-state index contributed by atoms with van der Waals surface area (Å²) in [5.41, 5.74) is 1.51. The van der Waals surface area contributed by atoms with Crippen LogP contribution in [0.3, 0.4) is 0 Å². The average Bonchev–Trinajstić information content (AvgIpc) is 2.81. The highest BCUT2D eigenvalue weighted by Crippen LogP contribution is 2.20. The van der Waals surface area contributed by atoms with E-state index in [-0.39, 0.29) is 0 Å². The van der Waals surface area contributed by atoms with Gasteiger partial charge in [0.1, 0.15) is 5.82 Å². The van der Waals surface area contributed by atoms with E-state index in [4.69, 9.17) is 10.00 Å². The van der Waals surface area contributed by atoms with E-state index in [0.29, 0.717) is 17.5 Å². The average molecular weight is 231 g/mol. The lowest BCUT2D eigenvalue weighted by Crippen LogP contribution is -2.26. The van der Waals surface area contributed by atoms with Crippen LogP contribution in [0.15, 0.2) is 12.1 Å². The molecule has 4 nitrogen and oxygen atoms in total. The maximum Gasteiger partial charge on any atom is 0.127 e. The molecule has 1 N–H and O–H groups in total. The first-order chi connectivity index (χ1) is 8.19. The Morgan fingerprint density at radius 3 is 3.06 bits per heavy atom. The van der Waals surface area contributed by atoms with Crippen LogP contribution in [-0.4, -0.2) is 24.2 Å². The molecule has 2 atom stereocenters. The highest BCUT2D eigenvalue weighted by Gasteiger charge is 2.22. The molecule has 90 valence electrons. The van der Waals surface area contributed by atoms with Gasteiger partial charge in [-0.3, -0.25) is 0 Å². The Morgan fingerprint density at radius 2 is 2.41 bits per heavy atom. The third-order valence-corrected chi connectivity index (χ3v) is 3.13. The Bertz CT molecular complexity index is 433. The van der Waals surface area contributed by atoms with Crippen LogP contribution in [0.4, 0.5) is 5.82 Å². The molecule has 4 heteroatoms. The van der Waals surface area contributed by atoms with E-state index in [0.717, 1.165) is 31.1 Å². The second-order valence-electron chi connectivity index (χ2n) is 4.55. The van der Waals surface area contributed by atoms with Gasteiger partial charge in [-0.15, -0.1) is 0 Å². The van der Waals surface area contributed by atoms with Gasteiger partial charge in [0.15, 0.2) is 0 Å². The van der Waals surface area contributed by atoms with Crippen molar-refractivity contribution in [1.29, 1.82) is 5.26 Å². The fourth-order valence-electron chi connectivity index (χ4n) is 2.11. The summed E-state index contributed by atoms with van der Waals surface area (Å²) in [4.78, 5) is 4.39. The molecule has 0 bridgehead atoms. The monoisotopic (exact) mass is 231 g/mol. The van der Waals surface area contributed by atoms with Crippen LogP contribution < -0.4 is 5.32 Å². The fourth-order valence-corrected chi connectivity index (χ4v) is 2.11. The smallest absolute Gasteiger partial charge is 0.127 e. The molecular formula is C13H17N3O. The summed E-state index contributed by atoms with van der Waals surface area (Å²) in [7, 11) is 0. The van der Waals surface area contributed by atoms with E-state index in [1.807, 2.05) is 6.92 Å². The molecule has 0 aromatic carbocycles. The van der Waals surface area contributed by atoms with Crippen molar-refractivity contribution < 1.29 is 4.74 Å². The highest BCUT2D eigenvalue weighted by molar-refractivity contribution is 5.44. The van der Waals surface area contributed by atoms with Gasteiger partial charge in [-0.1, -0.05) is 0 Å². The number of anilines is 1. The summed E-state index contributed by atoms with van der Waals surface area (Å²) in [6.07, 6.45) is 1.09. The van der Waals surface area contributed by atoms with E-state index in [2.05, 4.69) is 23.3 Å². The summed E-state index contributed by atoms with van der Waals surface area (Å²) < 4.78 is 5.37. The molecule has 1 aliphatic rings. The predicted octanol–water partition coefficient (Wildman–Crippen LogP) is 2.10. The molecule has 2 rings (SSSR count). The van der Waals surface area contributed by atoms with Gasteiger partial charge in [-0.05, 0) is 32.4 Å². The predicted molar refractivity (Wildman–Crippen MR) is 65.7 cm³/mol. The molecule has 2 unspecified atom stereocenters. The fraction of sp³-hybridized carbons (Fsp3) is 0.538. The number of aryl methyl sites for hydroxylation is 1. The van der Waals surface area contributed by atoms with Crippen LogP contribution in [0.1, 0.15) is 24.6 Å². The van der Waals surface area contributed by atoms with E-state index in [9.17, 15) is 0 Å².